The maximum atomic E-state index is 12.8. The van der Waals surface area contributed by atoms with Crippen molar-refractivity contribution in [2.75, 3.05) is 0 Å². The van der Waals surface area contributed by atoms with E-state index < -0.39 is 5.97 Å². The van der Waals surface area contributed by atoms with Crippen LogP contribution in [-0.4, -0.2) is 11.1 Å². The monoisotopic (exact) mass is 252 g/mol. The van der Waals surface area contributed by atoms with E-state index in [2.05, 4.69) is 13.8 Å². The van der Waals surface area contributed by atoms with Crippen LogP contribution < -0.4 is 0 Å². The number of carbonyl (C=O) groups is 1. The molecule has 0 amide bonds. The van der Waals surface area contributed by atoms with Crippen molar-refractivity contribution < 1.29 is 14.3 Å². The third-order valence-electron chi connectivity index (χ3n) is 3.08. The zero-order valence-electron chi connectivity index (χ0n) is 11.0. The normalized spacial score (nSPS) is 12.7. The summed E-state index contributed by atoms with van der Waals surface area (Å²) >= 11 is 0. The summed E-state index contributed by atoms with van der Waals surface area (Å²) in [7, 11) is 0. The lowest BCUT2D eigenvalue weighted by Crippen LogP contribution is -2.16. The van der Waals surface area contributed by atoms with E-state index in [0.717, 1.165) is 18.4 Å². The summed E-state index contributed by atoms with van der Waals surface area (Å²) in [6.45, 7) is 4.27. The molecule has 18 heavy (non-hydrogen) atoms. The fourth-order valence-corrected chi connectivity index (χ4v) is 1.99. The molecule has 0 radical (unpaired) electrons. The molecule has 0 heterocycles. The molecule has 0 bridgehead atoms. The number of halogens is 1. The Hall–Kier alpha value is -1.38. The first-order valence-corrected chi connectivity index (χ1v) is 6.46. The first-order chi connectivity index (χ1) is 8.49. The molecule has 2 nitrogen and oxygen atoms in total. The summed E-state index contributed by atoms with van der Waals surface area (Å²) in [5.74, 6) is -0.812. The van der Waals surface area contributed by atoms with Gasteiger partial charge in [0.05, 0.1) is 5.92 Å². The van der Waals surface area contributed by atoms with Crippen LogP contribution in [0.25, 0.3) is 0 Å². The Bertz CT molecular complexity index is 371. The van der Waals surface area contributed by atoms with Crippen molar-refractivity contribution in [1.29, 1.82) is 0 Å². The number of carboxylic acids is 1. The van der Waals surface area contributed by atoms with Gasteiger partial charge in [-0.3, -0.25) is 4.79 Å². The highest BCUT2D eigenvalue weighted by molar-refractivity contribution is 5.70. The average Bonchev–Trinajstić information content (AvgIpc) is 2.30. The van der Waals surface area contributed by atoms with Crippen LogP contribution in [0.4, 0.5) is 4.39 Å². The maximum Gasteiger partial charge on any atom is 0.306 e. The lowest BCUT2D eigenvalue weighted by molar-refractivity contribution is -0.142. The highest BCUT2D eigenvalue weighted by Crippen LogP contribution is 2.18. The summed E-state index contributed by atoms with van der Waals surface area (Å²) in [5, 5.41) is 9.18. The number of aliphatic carboxylic acids is 1. The van der Waals surface area contributed by atoms with Crippen LogP contribution in [0.5, 0.6) is 0 Å². The van der Waals surface area contributed by atoms with Gasteiger partial charge in [0.25, 0.3) is 0 Å². The zero-order chi connectivity index (χ0) is 13.5. The molecule has 1 aromatic carbocycles. The van der Waals surface area contributed by atoms with E-state index in [-0.39, 0.29) is 11.7 Å². The third kappa shape index (κ3) is 5.30. The van der Waals surface area contributed by atoms with Gasteiger partial charge in [-0.05, 0) is 36.5 Å². The fraction of sp³-hybridized carbons (Fsp3) is 0.533. The van der Waals surface area contributed by atoms with Crippen LogP contribution in [-0.2, 0) is 11.2 Å². The van der Waals surface area contributed by atoms with E-state index in [1.165, 1.54) is 12.1 Å². The fourth-order valence-electron chi connectivity index (χ4n) is 1.99. The summed E-state index contributed by atoms with van der Waals surface area (Å²) in [4.78, 5) is 11.2. The molecular formula is C15H21FO2. The van der Waals surface area contributed by atoms with E-state index in [4.69, 9.17) is 0 Å². The predicted octanol–water partition coefficient (Wildman–Crippen LogP) is 3.90. The molecule has 1 unspecified atom stereocenters. The topological polar surface area (TPSA) is 37.3 Å². The van der Waals surface area contributed by atoms with E-state index in [1.807, 2.05) is 0 Å². The highest BCUT2D eigenvalue weighted by atomic mass is 19.1. The number of hydrogen-bond acceptors (Lipinski definition) is 1. The SMILES string of the molecule is CC(C)CCCC(Cc1ccc(F)cc1)C(=O)O. The van der Waals surface area contributed by atoms with Gasteiger partial charge in [0.15, 0.2) is 0 Å². The summed E-state index contributed by atoms with van der Waals surface area (Å²) < 4.78 is 12.8. The van der Waals surface area contributed by atoms with E-state index in [1.54, 1.807) is 12.1 Å². The number of rotatable bonds is 7. The summed E-state index contributed by atoms with van der Waals surface area (Å²) in [5.41, 5.74) is 0.883. The van der Waals surface area contributed by atoms with Crippen LogP contribution in [0.3, 0.4) is 0 Å². The Morgan fingerprint density at radius 1 is 1.22 bits per heavy atom. The van der Waals surface area contributed by atoms with Crippen molar-refractivity contribution in [2.24, 2.45) is 11.8 Å². The second-order valence-corrected chi connectivity index (χ2v) is 5.19. The molecule has 0 saturated heterocycles. The first kappa shape index (κ1) is 14.7. The van der Waals surface area contributed by atoms with Crippen molar-refractivity contribution in [3.63, 3.8) is 0 Å². The quantitative estimate of drug-likeness (QED) is 0.799. The van der Waals surface area contributed by atoms with Crippen molar-refractivity contribution in [1.82, 2.24) is 0 Å². The molecule has 0 spiro atoms. The number of hydrogen-bond donors (Lipinski definition) is 1. The molecule has 1 N–H and O–H groups in total. The van der Waals surface area contributed by atoms with E-state index >= 15 is 0 Å². The largest absolute Gasteiger partial charge is 0.481 e. The van der Waals surface area contributed by atoms with Gasteiger partial charge in [0.1, 0.15) is 5.82 Å². The van der Waals surface area contributed by atoms with Gasteiger partial charge < -0.3 is 5.11 Å². The molecule has 0 aromatic heterocycles. The Morgan fingerprint density at radius 2 is 1.83 bits per heavy atom. The van der Waals surface area contributed by atoms with Gasteiger partial charge in [0.2, 0.25) is 0 Å². The van der Waals surface area contributed by atoms with Crippen molar-refractivity contribution in [3.05, 3.63) is 35.6 Å². The number of benzene rings is 1. The molecule has 0 aliphatic carbocycles. The van der Waals surface area contributed by atoms with Crippen molar-refractivity contribution in [3.8, 4) is 0 Å². The lowest BCUT2D eigenvalue weighted by Gasteiger charge is -2.13. The lowest BCUT2D eigenvalue weighted by atomic mass is 9.92. The van der Waals surface area contributed by atoms with Gasteiger partial charge in [-0.25, -0.2) is 4.39 Å². The minimum atomic E-state index is -0.761. The molecule has 1 rings (SSSR count). The van der Waals surface area contributed by atoms with Gasteiger partial charge in [-0.1, -0.05) is 38.8 Å². The van der Waals surface area contributed by atoms with Crippen LogP contribution in [0.15, 0.2) is 24.3 Å². The molecular weight excluding hydrogens is 231 g/mol. The Kier molecular flexibility index (Phi) is 5.83. The minimum Gasteiger partial charge on any atom is -0.481 e. The standard InChI is InChI=1S/C15H21FO2/c1-11(2)4-3-5-13(15(17)18)10-12-6-8-14(16)9-7-12/h6-9,11,13H,3-5,10H2,1-2H3,(H,17,18). The van der Waals surface area contributed by atoms with Crippen molar-refractivity contribution in [2.45, 2.75) is 39.5 Å². The van der Waals surface area contributed by atoms with E-state index in [9.17, 15) is 14.3 Å². The molecule has 0 aliphatic rings. The van der Waals surface area contributed by atoms with Crippen molar-refractivity contribution >= 4 is 5.97 Å². The first-order valence-electron chi connectivity index (χ1n) is 6.46. The Morgan fingerprint density at radius 3 is 2.33 bits per heavy atom. The third-order valence-corrected chi connectivity index (χ3v) is 3.08. The van der Waals surface area contributed by atoms with Crippen LogP contribution >= 0.6 is 0 Å². The Balaban J connectivity index is 2.52. The molecule has 100 valence electrons. The van der Waals surface area contributed by atoms with Crippen LogP contribution in [0.2, 0.25) is 0 Å². The molecule has 1 atom stereocenters. The molecule has 0 fully saturated rings. The average molecular weight is 252 g/mol. The van der Waals surface area contributed by atoms with Gasteiger partial charge >= 0.3 is 5.97 Å². The smallest absolute Gasteiger partial charge is 0.306 e. The second-order valence-electron chi connectivity index (χ2n) is 5.19. The second kappa shape index (κ2) is 7.14. The summed E-state index contributed by atoms with van der Waals surface area (Å²) in [6.07, 6.45) is 3.14. The Labute approximate surface area is 108 Å². The molecule has 1 aromatic rings. The number of carboxylic acid groups (broad SMARTS) is 1. The minimum absolute atomic E-state index is 0.287. The van der Waals surface area contributed by atoms with Gasteiger partial charge in [0, 0.05) is 0 Å². The maximum absolute atomic E-state index is 12.8. The van der Waals surface area contributed by atoms with Crippen LogP contribution in [0.1, 0.15) is 38.7 Å². The molecule has 0 saturated carbocycles. The molecule has 3 heteroatoms. The van der Waals surface area contributed by atoms with Crippen LogP contribution in [0, 0.1) is 17.7 Å². The predicted molar refractivity (Wildman–Crippen MR) is 69.9 cm³/mol. The molecule has 0 aliphatic heterocycles. The van der Waals surface area contributed by atoms with Gasteiger partial charge in [-0.2, -0.15) is 0 Å². The summed E-state index contributed by atoms with van der Waals surface area (Å²) in [6, 6.07) is 6.08. The highest BCUT2D eigenvalue weighted by Gasteiger charge is 2.17. The zero-order valence-corrected chi connectivity index (χ0v) is 11.0. The van der Waals surface area contributed by atoms with E-state index in [0.29, 0.717) is 18.8 Å². The van der Waals surface area contributed by atoms with Gasteiger partial charge in [-0.15, -0.1) is 0 Å².